The van der Waals surface area contributed by atoms with Crippen LogP contribution in [0, 0.1) is 12.7 Å². The first-order valence-corrected chi connectivity index (χ1v) is 7.10. The summed E-state index contributed by atoms with van der Waals surface area (Å²) in [6.45, 7) is 5.00. The molecule has 0 fully saturated rings. The molecule has 1 atom stereocenters. The third kappa shape index (κ3) is 3.18. The summed E-state index contributed by atoms with van der Waals surface area (Å²) < 4.78 is 13.4. The number of rotatable bonds is 5. The smallest absolute Gasteiger partial charge is 0.123 e. The Morgan fingerprint density at radius 3 is 2.83 bits per heavy atom. The molecule has 1 unspecified atom stereocenters. The zero-order valence-corrected chi connectivity index (χ0v) is 11.6. The van der Waals surface area contributed by atoms with Crippen molar-refractivity contribution in [1.29, 1.82) is 0 Å². The fourth-order valence-electron chi connectivity index (χ4n) is 2.16. The SMILES string of the molecule is CCNC(Cc1cccs1)c1cc(F)ccc1C. The Hall–Kier alpha value is -1.19. The van der Waals surface area contributed by atoms with Gasteiger partial charge >= 0.3 is 0 Å². The summed E-state index contributed by atoms with van der Waals surface area (Å²) in [6.07, 6.45) is 0.913. The van der Waals surface area contributed by atoms with Crippen LogP contribution in [0.2, 0.25) is 0 Å². The van der Waals surface area contributed by atoms with Gasteiger partial charge in [-0.1, -0.05) is 19.1 Å². The molecular weight excluding hydrogens is 245 g/mol. The molecular formula is C15H18FNS. The molecule has 0 aliphatic heterocycles. The second-order valence-electron chi connectivity index (χ2n) is 4.39. The average Bonchev–Trinajstić information content (AvgIpc) is 2.85. The molecule has 0 saturated heterocycles. The predicted octanol–water partition coefficient (Wildman–Crippen LogP) is 4.09. The van der Waals surface area contributed by atoms with Gasteiger partial charge in [0.2, 0.25) is 0 Å². The molecule has 1 heterocycles. The van der Waals surface area contributed by atoms with Gasteiger partial charge in [0.1, 0.15) is 5.82 Å². The zero-order chi connectivity index (χ0) is 13.0. The maximum Gasteiger partial charge on any atom is 0.123 e. The van der Waals surface area contributed by atoms with Crippen molar-refractivity contribution < 1.29 is 4.39 Å². The van der Waals surface area contributed by atoms with Crippen LogP contribution >= 0.6 is 11.3 Å². The van der Waals surface area contributed by atoms with E-state index in [4.69, 9.17) is 0 Å². The number of likely N-dealkylation sites (N-methyl/N-ethyl adjacent to an activating group) is 1. The maximum atomic E-state index is 13.4. The van der Waals surface area contributed by atoms with Gasteiger partial charge in [0.15, 0.2) is 0 Å². The van der Waals surface area contributed by atoms with E-state index < -0.39 is 0 Å². The quantitative estimate of drug-likeness (QED) is 0.856. The van der Waals surface area contributed by atoms with Crippen molar-refractivity contribution >= 4 is 11.3 Å². The van der Waals surface area contributed by atoms with E-state index in [0.717, 1.165) is 24.1 Å². The highest BCUT2D eigenvalue weighted by Crippen LogP contribution is 2.24. The Bertz CT molecular complexity index is 493. The van der Waals surface area contributed by atoms with Crippen LogP contribution in [0.3, 0.4) is 0 Å². The normalized spacial score (nSPS) is 12.6. The Morgan fingerprint density at radius 2 is 2.17 bits per heavy atom. The summed E-state index contributed by atoms with van der Waals surface area (Å²) in [5, 5.41) is 5.53. The summed E-state index contributed by atoms with van der Waals surface area (Å²) in [5.41, 5.74) is 2.20. The van der Waals surface area contributed by atoms with Crippen LogP contribution in [-0.2, 0) is 6.42 Å². The predicted molar refractivity (Wildman–Crippen MR) is 75.6 cm³/mol. The number of hydrogen-bond donors (Lipinski definition) is 1. The lowest BCUT2D eigenvalue weighted by atomic mass is 9.98. The van der Waals surface area contributed by atoms with Gasteiger partial charge in [0.05, 0.1) is 0 Å². The number of thiophene rings is 1. The third-order valence-electron chi connectivity index (χ3n) is 3.05. The van der Waals surface area contributed by atoms with Gasteiger partial charge < -0.3 is 5.32 Å². The molecule has 1 aromatic heterocycles. The fourth-order valence-corrected chi connectivity index (χ4v) is 2.91. The highest BCUT2D eigenvalue weighted by atomic mass is 32.1. The first-order chi connectivity index (χ1) is 8.70. The molecule has 0 bridgehead atoms. The highest BCUT2D eigenvalue weighted by molar-refractivity contribution is 7.09. The summed E-state index contributed by atoms with van der Waals surface area (Å²) in [7, 11) is 0. The van der Waals surface area contributed by atoms with E-state index in [0.29, 0.717) is 0 Å². The lowest BCUT2D eigenvalue weighted by Gasteiger charge is -2.20. The number of benzene rings is 1. The first-order valence-electron chi connectivity index (χ1n) is 6.22. The summed E-state index contributed by atoms with van der Waals surface area (Å²) in [4.78, 5) is 1.32. The summed E-state index contributed by atoms with van der Waals surface area (Å²) in [5.74, 6) is -0.162. The van der Waals surface area contributed by atoms with Crippen LogP contribution in [0.5, 0.6) is 0 Å². The molecule has 0 amide bonds. The number of aryl methyl sites for hydroxylation is 1. The van der Waals surface area contributed by atoms with E-state index in [1.807, 2.05) is 13.0 Å². The Labute approximate surface area is 112 Å². The van der Waals surface area contributed by atoms with Crippen LogP contribution in [0.4, 0.5) is 4.39 Å². The van der Waals surface area contributed by atoms with Crippen LogP contribution in [0.1, 0.15) is 29.0 Å². The lowest BCUT2D eigenvalue weighted by Crippen LogP contribution is -2.23. The van der Waals surface area contributed by atoms with Crippen LogP contribution in [-0.4, -0.2) is 6.54 Å². The van der Waals surface area contributed by atoms with E-state index in [2.05, 4.69) is 29.8 Å². The van der Waals surface area contributed by atoms with E-state index in [1.54, 1.807) is 17.4 Å². The van der Waals surface area contributed by atoms with Gasteiger partial charge in [0, 0.05) is 17.3 Å². The highest BCUT2D eigenvalue weighted by Gasteiger charge is 2.14. The monoisotopic (exact) mass is 263 g/mol. The van der Waals surface area contributed by atoms with E-state index >= 15 is 0 Å². The first kappa shape index (κ1) is 13.2. The molecule has 0 radical (unpaired) electrons. The molecule has 2 aromatic rings. The second-order valence-corrected chi connectivity index (χ2v) is 5.43. The van der Waals surface area contributed by atoms with Crippen molar-refractivity contribution in [2.45, 2.75) is 26.3 Å². The maximum absolute atomic E-state index is 13.4. The zero-order valence-electron chi connectivity index (χ0n) is 10.7. The molecule has 96 valence electrons. The average molecular weight is 263 g/mol. The number of nitrogens with one attached hydrogen (secondary N) is 1. The molecule has 3 heteroatoms. The van der Waals surface area contributed by atoms with Crippen molar-refractivity contribution in [3.8, 4) is 0 Å². The van der Waals surface area contributed by atoms with Crippen molar-refractivity contribution in [2.75, 3.05) is 6.54 Å². The largest absolute Gasteiger partial charge is 0.310 e. The minimum atomic E-state index is -0.162. The third-order valence-corrected chi connectivity index (χ3v) is 3.95. The molecule has 1 nitrogen and oxygen atoms in total. The minimum Gasteiger partial charge on any atom is -0.310 e. The standard InChI is InChI=1S/C15H18FNS/c1-3-17-15(10-13-5-4-8-18-13)14-9-12(16)7-6-11(14)2/h4-9,15,17H,3,10H2,1-2H3. The van der Waals surface area contributed by atoms with Gasteiger partial charge in [-0.15, -0.1) is 11.3 Å². The lowest BCUT2D eigenvalue weighted by molar-refractivity contribution is 0.543. The molecule has 2 rings (SSSR count). The number of hydrogen-bond acceptors (Lipinski definition) is 2. The molecule has 1 aromatic carbocycles. The van der Waals surface area contributed by atoms with Crippen molar-refractivity contribution in [1.82, 2.24) is 5.32 Å². The fraction of sp³-hybridized carbons (Fsp3) is 0.333. The molecule has 0 saturated carbocycles. The van der Waals surface area contributed by atoms with Gasteiger partial charge in [-0.05, 0) is 48.2 Å². The summed E-state index contributed by atoms with van der Waals surface area (Å²) in [6, 6.07) is 9.39. The van der Waals surface area contributed by atoms with Gasteiger partial charge in [-0.25, -0.2) is 4.39 Å². The number of halogens is 1. The minimum absolute atomic E-state index is 0.162. The van der Waals surface area contributed by atoms with E-state index in [9.17, 15) is 4.39 Å². The van der Waals surface area contributed by atoms with Crippen LogP contribution < -0.4 is 5.32 Å². The van der Waals surface area contributed by atoms with Crippen molar-refractivity contribution in [3.63, 3.8) is 0 Å². The Kier molecular flexibility index (Phi) is 4.50. The van der Waals surface area contributed by atoms with Gasteiger partial charge in [-0.2, -0.15) is 0 Å². The second kappa shape index (κ2) is 6.12. The molecule has 1 N–H and O–H groups in total. The Morgan fingerprint density at radius 1 is 1.33 bits per heavy atom. The van der Waals surface area contributed by atoms with E-state index in [-0.39, 0.29) is 11.9 Å². The molecule has 0 aliphatic rings. The Balaban J connectivity index is 2.26. The van der Waals surface area contributed by atoms with Crippen molar-refractivity contribution in [3.05, 3.63) is 57.5 Å². The molecule has 0 aliphatic carbocycles. The van der Waals surface area contributed by atoms with E-state index in [1.165, 1.54) is 10.9 Å². The molecule has 18 heavy (non-hydrogen) atoms. The van der Waals surface area contributed by atoms with Crippen molar-refractivity contribution in [2.24, 2.45) is 0 Å². The topological polar surface area (TPSA) is 12.0 Å². The molecule has 0 spiro atoms. The van der Waals surface area contributed by atoms with Crippen LogP contribution in [0.25, 0.3) is 0 Å². The van der Waals surface area contributed by atoms with Gasteiger partial charge in [0.25, 0.3) is 0 Å². The van der Waals surface area contributed by atoms with Crippen LogP contribution in [0.15, 0.2) is 35.7 Å². The van der Waals surface area contributed by atoms with Gasteiger partial charge in [-0.3, -0.25) is 0 Å². The summed E-state index contributed by atoms with van der Waals surface area (Å²) >= 11 is 1.75.